The number of amides is 3. The quantitative estimate of drug-likeness (QED) is 0.0539. The second kappa shape index (κ2) is 26.2. The lowest BCUT2D eigenvalue weighted by Gasteiger charge is -2.32. The molecule has 86 heavy (non-hydrogen) atoms. The normalized spacial score (nSPS) is 21.7. The highest BCUT2D eigenvalue weighted by Crippen LogP contribution is 2.47. The molecule has 6 atom stereocenters. The molecule has 6 unspecified atom stereocenters. The van der Waals surface area contributed by atoms with Crippen LogP contribution in [0.1, 0.15) is 114 Å². The molecule has 0 bridgehead atoms. The minimum absolute atomic E-state index is 0. The fourth-order valence-corrected chi connectivity index (χ4v) is 12.3. The van der Waals surface area contributed by atoms with Crippen LogP contribution in [0.2, 0.25) is 20.1 Å². The van der Waals surface area contributed by atoms with Gasteiger partial charge in [-0.05, 0) is 175 Å². The number of nitrogens with one attached hydrogen (secondary N) is 1. The Hall–Kier alpha value is -5.72. The molecule has 5 aliphatic rings. The molecule has 4 aromatic carbocycles. The Morgan fingerprint density at radius 1 is 0.686 bits per heavy atom. The summed E-state index contributed by atoms with van der Waals surface area (Å²) in [7, 11) is -0.614. The van der Waals surface area contributed by atoms with E-state index in [4.69, 9.17) is 87.1 Å². The van der Waals surface area contributed by atoms with Crippen LogP contribution < -0.4 is 37.5 Å². The number of carbonyl (C=O) groups excluding carboxylic acids is 3. The topological polar surface area (TPSA) is 220 Å². The Labute approximate surface area is 534 Å². The average Bonchev–Trinajstić information content (AvgIpc) is 1.64. The number of alkyl carbamates (subject to hydrolysis) is 1. The summed E-state index contributed by atoms with van der Waals surface area (Å²) < 4.78 is 58.1. The fraction of sp³-hybridized carbons (Fsp3) is 0.403. The van der Waals surface area contributed by atoms with Crippen molar-refractivity contribution >= 4 is 111 Å². The number of benzene rings is 4. The molecule has 7 N–H and O–H groups in total. The number of nitrogens with zero attached hydrogens (tertiary/aromatic N) is 4. The van der Waals surface area contributed by atoms with Crippen molar-refractivity contribution in [2.24, 2.45) is 29.4 Å². The number of rotatable bonds is 11. The number of aromatic nitrogens is 2. The highest BCUT2D eigenvalue weighted by atomic mass is 127. The minimum Gasteiger partial charge on any atom is -0.482 e. The van der Waals surface area contributed by atoms with E-state index in [1.807, 2.05) is 94.7 Å². The molecule has 3 saturated heterocycles. The molecular weight excluding hydrogens is 1300 g/mol. The van der Waals surface area contributed by atoms with E-state index in [9.17, 15) is 23.2 Å². The second-order valence-corrected chi connectivity index (χ2v) is 26.6. The SMILES string of the molecule is C.CC(C)(C)OC(=O)NC1C2CN(C(=O)c3ccc(I)cc3)CC21.CC(Oc1cc(-c2ccc(C(=O)N3CC4C(N)C4C3)cc2)cnc1N)c1c(Cl)ccc(F)c1Cl.CC(Oc1cc(B2OC(C)(C)C(C)(C)O2)cnc1N)c1c(Cl)ccc(F)c1Cl. The Kier molecular flexibility index (Phi) is 20.2. The van der Waals surface area contributed by atoms with E-state index < -0.39 is 47.8 Å². The maximum atomic E-state index is 13.9. The van der Waals surface area contributed by atoms with E-state index in [0.29, 0.717) is 80.5 Å². The van der Waals surface area contributed by atoms with Crippen molar-refractivity contribution in [2.45, 2.75) is 111 Å². The van der Waals surface area contributed by atoms with Crippen LogP contribution >= 0.6 is 69.0 Å². The molecule has 2 aliphatic carbocycles. The van der Waals surface area contributed by atoms with E-state index in [2.05, 4.69) is 37.9 Å². The Bertz CT molecular complexity index is 3480. The second-order valence-electron chi connectivity index (χ2n) is 23.8. The van der Waals surface area contributed by atoms with Crippen LogP contribution in [0.25, 0.3) is 11.1 Å². The maximum absolute atomic E-state index is 13.9. The average molecular weight is 1370 g/mol. The molecule has 11 rings (SSSR count). The van der Waals surface area contributed by atoms with Crippen LogP contribution in [0.3, 0.4) is 0 Å². The number of fused-ring (bicyclic) bond motifs is 2. The van der Waals surface area contributed by atoms with Crippen LogP contribution in [-0.2, 0) is 14.0 Å². The number of nitrogen functional groups attached to an aromatic ring is 2. The van der Waals surface area contributed by atoms with Crippen LogP contribution in [0.15, 0.2) is 97.3 Å². The number of halogens is 7. The van der Waals surface area contributed by atoms with Crippen molar-refractivity contribution in [1.82, 2.24) is 25.1 Å². The van der Waals surface area contributed by atoms with Gasteiger partial charge in [0, 0.05) is 109 Å². The summed E-state index contributed by atoms with van der Waals surface area (Å²) in [5.74, 6) is 1.51. The van der Waals surface area contributed by atoms with Gasteiger partial charge in [0.05, 0.1) is 21.2 Å². The van der Waals surface area contributed by atoms with E-state index >= 15 is 0 Å². The summed E-state index contributed by atoms with van der Waals surface area (Å²) >= 11 is 26.8. The van der Waals surface area contributed by atoms with Crippen LogP contribution in [0.5, 0.6) is 11.5 Å². The third-order valence-electron chi connectivity index (χ3n) is 16.2. The molecule has 3 amide bonds. The number of ether oxygens (including phenoxy) is 3. The van der Waals surface area contributed by atoms with Crippen molar-refractivity contribution in [1.29, 1.82) is 0 Å². The van der Waals surface area contributed by atoms with Gasteiger partial charge in [0.25, 0.3) is 11.8 Å². The number of anilines is 2. The van der Waals surface area contributed by atoms with Gasteiger partial charge in [0.2, 0.25) is 0 Å². The van der Waals surface area contributed by atoms with Crippen molar-refractivity contribution in [2.75, 3.05) is 37.6 Å². The molecule has 5 heterocycles. The first-order chi connectivity index (χ1) is 39.9. The first-order valence-electron chi connectivity index (χ1n) is 27.6. The molecule has 2 saturated carbocycles. The molecule has 0 spiro atoms. The first-order valence-corrected chi connectivity index (χ1v) is 30.2. The van der Waals surface area contributed by atoms with Gasteiger partial charge in [0.15, 0.2) is 23.1 Å². The van der Waals surface area contributed by atoms with Gasteiger partial charge >= 0.3 is 13.2 Å². The summed E-state index contributed by atoms with van der Waals surface area (Å²) in [6, 6.07) is 24.0. The maximum Gasteiger partial charge on any atom is 0.496 e. The number of carbonyl (C=O) groups is 3. The van der Waals surface area contributed by atoms with E-state index in [1.54, 1.807) is 50.5 Å². The van der Waals surface area contributed by atoms with E-state index in [-0.39, 0.29) is 59.1 Å². The van der Waals surface area contributed by atoms with Crippen molar-refractivity contribution in [3.05, 3.63) is 155 Å². The van der Waals surface area contributed by atoms with Crippen LogP contribution in [0, 0.1) is 38.9 Å². The summed E-state index contributed by atoms with van der Waals surface area (Å²) in [4.78, 5) is 49.2. The molecule has 3 aliphatic heterocycles. The lowest BCUT2D eigenvalue weighted by Crippen LogP contribution is -2.41. The minimum atomic E-state index is -0.671. The zero-order valence-corrected chi connectivity index (χ0v) is 53.4. The van der Waals surface area contributed by atoms with Gasteiger partial charge in [-0.3, -0.25) is 9.59 Å². The number of piperidine rings is 2. The number of likely N-dealkylation sites (tertiary alicyclic amines) is 2. The zero-order chi connectivity index (χ0) is 61.8. The number of pyridine rings is 2. The molecular formula is C62H70BCl4F2IN8O8. The molecule has 24 heteroatoms. The third kappa shape index (κ3) is 14.7. The Morgan fingerprint density at radius 2 is 1.12 bits per heavy atom. The zero-order valence-electron chi connectivity index (χ0n) is 48.2. The third-order valence-corrected chi connectivity index (χ3v) is 18.3. The summed E-state index contributed by atoms with van der Waals surface area (Å²) in [5, 5.41) is 3.32. The number of hydrogen-bond donors (Lipinski definition) is 4. The van der Waals surface area contributed by atoms with Crippen molar-refractivity contribution < 1.29 is 46.7 Å². The highest BCUT2D eigenvalue weighted by Gasteiger charge is 2.58. The van der Waals surface area contributed by atoms with Gasteiger partial charge in [-0.1, -0.05) is 66.0 Å². The predicted octanol–water partition coefficient (Wildman–Crippen LogP) is 13.0. The summed E-state index contributed by atoms with van der Waals surface area (Å²) in [6.07, 6.45) is 1.51. The van der Waals surface area contributed by atoms with Gasteiger partial charge in [-0.15, -0.1) is 0 Å². The number of hydrogen-bond acceptors (Lipinski definition) is 13. The van der Waals surface area contributed by atoms with E-state index in [0.717, 1.165) is 33.4 Å². The lowest BCUT2D eigenvalue weighted by atomic mass is 9.80. The predicted molar refractivity (Wildman–Crippen MR) is 342 cm³/mol. The Balaban J connectivity index is 0.000000170. The largest absolute Gasteiger partial charge is 0.496 e. The van der Waals surface area contributed by atoms with Gasteiger partial charge in [-0.2, -0.15) is 0 Å². The monoisotopic (exact) mass is 1370 g/mol. The molecule has 0 radical (unpaired) electrons. The van der Waals surface area contributed by atoms with Crippen LogP contribution in [0.4, 0.5) is 25.2 Å². The fourth-order valence-electron chi connectivity index (χ4n) is 10.6. The van der Waals surface area contributed by atoms with Gasteiger partial charge in [-0.25, -0.2) is 23.5 Å². The molecule has 458 valence electrons. The Morgan fingerprint density at radius 3 is 1.58 bits per heavy atom. The smallest absolute Gasteiger partial charge is 0.482 e. The molecule has 6 aromatic rings. The van der Waals surface area contributed by atoms with Crippen molar-refractivity contribution in [3.63, 3.8) is 0 Å². The lowest BCUT2D eigenvalue weighted by molar-refractivity contribution is 0.00578. The molecule has 2 aromatic heterocycles. The van der Waals surface area contributed by atoms with Gasteiger partial charge < -0.3 is 55.8 Å². The summed E-state index contributed by atoms with van der Waals surface area (Å²) in [6.45, 7) is 19.7. The van der Waals surface area contributed by atoms with Crippen molar-refractivity contribution in [3.8, 4) is 22.6 Å². The van der Waals surface area contributed by atoms with Crippen LogP contribution in [-0.4, -0.2) is 99.9 Å². The summed E-state index contributed by atoms with van der Waals surface area (Å²) in [5.41, 5.74) is 20.8. The molecule has 5 fully saturated rings. The number of nitrogens with two attached hydrogens (primary N) is 3. The molecule has 16 nitrogen and oxygen atoms in total. The standard InChI is InChI=1S/C25H23Cl2FN4O2.C19H22BCl2FN2O3.C17H21IN2O3.CH4/c1-12(21-18(26)6-7-19(28)22(21)27)34-20-8-15(9-31-24(20)30)13-2-4-14(5-3-13)25(33)32-10-16-17(11-32)23(16)29;1-10(15-12(21)6-7-13(23)16(15)22)26-14-8-11(9-25-17(14)24)20-27-18(2,3)19(4,5)28-20;1-17(2,3)23-16(22)19-14-12-8-20(9-13(12)14)15(21)10-4-6-11(18)7-5-10;/h2-9,12,16-17,23H,10-11,29H2,1H3,(H2,30,31);6-10H,1-5H3,(H2,24,25);4-7,12-14H,8-9H2,1-3H3,(H,19,22);1H4. The van der Waals surface area contributed by atoms with Gasteiger partial charge in [0.1, 0.15) is 29.4 Å². The first kappa shape index (κ1) is 66.2. The highest BCUT2D eigenvalue weighted by molar-refractivity contribution is 14.1. The van der Waals surface area contributed by atoms with E-state index in [1.165, 1.54) is 24.3 Å².